The first-order chi connectivity index (χ1) is 6.88. The summed E-state index contributed by atoms with van der Waals surface area (Å²) in [5, 5.41) is 1.84. The van der Waals surface area contributed by atoms with E-state index in [9.17, 15) is 9.59 Å². The minimum atomic E-state index is -0.519. The molecule has 2 aliphatic heterocycles. The van der Waals surface area contributed by atoms with Crippen LogP contribution in [0.2, 0.25) is 0 Å². The van der Waals surface area contributed by atoms with Gasteiger partial charge in [-0.1, -0.05) is 0 Å². The molecule has 2 heterocycles. The molecule has 1 atom stereocenters. The van der Waals surface area contributed by atoms with Gasteiger partial charge >= 0.3 is 5.97 Å². The van der Waals surface area contributed by atoms with Crippen LogP contribution in [-0.4, -0.2) is 27.8 Å². The molecule has 1 saturated heterocycles. The molecule has 0 aromatic rings. The first-order valence-corrected chi connectivity index (χ1v) is 5.74. The molecule has 5 heteroatoms. The molecule has 2 aliphatic rings. The summed E-state index contributed by atoms with van der Waals surface area (Å²) in [5.41, 5.74) is -0.134. The Morgan fingerprint density at radius 3 is 2.80 bits per heavy atom. The molecule has 1 fully saturated rings. The Labute approximate surface area is 92.6 Å². The van der Waals surface area contributed by atoms with Crippen LogP contribution >= 0.6 is 11.8 Å². The summed E-state index contributed by atoms with van der Waals surface area (Å²) >= 11 is 1.50. The Morgan fingerprint density at radius 1 is 1.60 bits per heavy atom. The monoisotopic (exact) mass is 227 g/mol. The van der Waals surface area contributed by atoms with Crippen molar-refractivity contribution in [3.63, 3.8) is 0 Å². The Kier molecular flexibility index (Phi) is 2.30. The Balaban J connectivity index is 2.06. The number of thioether (sulfide) groups is 1. The summed E-state index contributed by atoms with van der Waals surface area (Å²) in [7, 11) is 0. The van der Waals surface area contributed by atoms with E-state index >= 15 is 0 Å². The minimum absolute atomic E-state index is 0.00195. The van der Waals surface area contributed by atoms with Crippen molar-refractivity contribution in [1.82, 2.24) is 4.90 Å². The second kappa shape index (κ2) is 3.27. The van der Waals surface area contributed by atoms with Crippen molar-refractivity contribution >= 4 is 23.6 Å². The molecule has 15 heavy (non-hydrogen) atoms. The highest BCUT2D eigenvalue weighted by atomic mass is 32.2. The molecule has 1 amide bonds. The van der Waals surface area contributed by atoms with Gasteiger partial charge in [0.15, 0.2) is 0 Å². The van der Waals surface area contributed by atoms with Gasteiger partial charge in [0.05, 0.1) is 11.8 Å². The molecule has 4 nitrogen and oxygen atoms in total. The van der Waals surface area contributed by atoms with Crippen molar-refractivity contribution < 1.29 is 14.3 Å². The molecule has 0 N–H and O–H groups in total. The number of nitrogens with zero attached hydrogens (tertiary/aromatic N) is 1. The van der Waals surface area contributed by atoms with Crippen molar-refractivity contribution in [3.8, 4) is 0 Å². The number of ether oxygens (including phenoxy) is 1. The van der Waals surface area contributed by atoms with E-state index in [4.69, 9.17) is 4.74 Å². The van der Waals surface area contributed by atoms with Crippen LogP contribution in [0.4, 0.5) is 0 Å². The average Bonchev–Trinajstić information content (AvgIpc) is 2.38. The van der Waals surface area contributed by atoms with Crippen molar-refractivity contribution in [2.45, 2.75) is 38.2 Å². The number of β-lactam (4-membered cyclic amide) rings is 1. The van der Waals surface area contributed by atoms with E-state index in [1.165, 1.54) is 16.7 Å². The van der Waals surface area contributed by atoms with Gasteiger partial charge in [-0.15, -0.1) is 11.8 Å². The highest BCUT2D eigenvalue weighted by molar-refractivity contribution is 8.03. The number of hydrogen-bond acceptors (Lipinski definition) is 4. The summed E-state index contributed by atoms with van der Waals surface area (Å²) in [6, 6.07) is 0. The third-order valence-electron chi connectivity index (χ3n) is 2.11. The summed E-state index contributed by atoms with van der Waals surface area (Å²) in [6.07, 6.45) is 0.521. The van der Waals surface area contributed by atoms with Crippen LogP contribution in [0.1, 0.15) is 27.2 Å². The summed E-state index contributed by atoms with van der Waals surface area (Å²) in [5.74, 6) is -0.410. The highest BCUT2D eigenvalue weighted by Crippen LogP contribution is 2.41. The van der Waals surface area contributed by atoms with Crippen molar-refractivity contribution in [2.75, 3.05) is 0 Å². The lowest BCUT2D eigenvalue weighted by atomic mass is 10.1. The molecule has 0 spiro atoms. The molecule has 0 aromatic heterocycles. The maximum Gasteiger partial charge on any atom is 0.356 e. The number of hydrogen-bond donors (Lipinski definition) is 0. The van der Waals surface area contributed by atoms with Crippen molar-refractivity contribution in [1.29, 1.82) is 0 Å². The second-order valence-corrected chi connectivity index (χ2v) is 5.62. The van der Waals surface area contributed by atoms with E-state index in [2.05, 4.69) is 0 Å². The number of amides is 1. The summed E-state index contributed by atoms with van der Waals surface area (Å²) in [4.78, 5) is 24.5. The van der Waals surface area contributed by atoms with Crippen molar-refractivity contribution in [3.05, 3.63) is 11.1 Å². The fraction of sp³-hybridized carbons (Fsp3) is 0.600. The molecule has 0 aliphatic carbocycles. The molecule has 82 valence electrons. The van der Waals surface area contributed by atoms with Crippen LogP contribution in [-0.2, 0) is 14.3 Å². The lowest BCUT2D eigenvalue weighted by Crippen LogP contribution is -2.49. The predicted molar refractivity (Wildman–Crippen MR) is 56.8 cm³/mol. The molecular formula is C10H13NO3S. The Morgan fingerprint density at radius 2 is 2.27 bits per heavy atom. The van der Waals surface area contributed by atoms with Gasteiger partial charge in [0.25, 0.3) is 0 Å². The van der Waals surface area contributed by atoms with Crippen LogP contribution in [0, 0.1) is 0 Å². The van der Waals surface area contributed by atoms with Crippen LogP contribution in [0.3, 0.4) is 0 Å². The highest BCUT2D eigenvalue weighted by Gasteiger charge is 2.45. The number of rotatable bonds is 1. The number of carbonyl (C=O) groups is 2. The lowest BCUT2D eigenvalue weighted by molar-refractivity contribution is -0.156. The van der Waals surface area contributed by atoms with Gasteiger partial charge in [-0.05, 0) is 20.8 Å². The molecule has 2 rings (SSSR count). The Hall–Kier alpha value is -0.970. The standard InChI is InChI=1S/C10H13NO3S/c1-10(2,3)14-9(13)6-5-15-8-4-7(12)11(6)8/h5,8H,4H2,1-3H3/t8-/m1/s1. The lowest BCUT2D eigenvalue weighted by Gasteiger charge is -2.35. The van der Waals surface area contributed by atoms with E-state index in [1.807, 2.05) is 20.8 Å². The maximum atomic E-state index is 11.7. The zero-order valence-electron chi connectivity index (χ0n) is 8.94. The fourth-order valence-electron chi connectivity index (χ4n) is 1.46. The summed E-state index contributed by atoms with van der Waals surface area (Å²) in [6.45, 7) is 5.43. The third kappa shape index (κ3) is 1.88. The SMILES string of the molecule is CC(C)(C)OC(=O)C1=CS[C@@H]2CC(=O)N12. The number of esters is 1. The molecule has 0 unspecified atom stereocenters. The maximum absolute atomic E-state index is 11.7. The van der Waals surface area contributed by atoms with Crippen LogP contribution in [0.25, 0.3) is 0 Å². The molecule has 0 radical (unpaired) electrons. The van der Waals surface area contributed by atoms with Crippen LogP contribution in [0.15, 0.2) is 11.1 Å². The average molecular weight is 227 g/mol. The first-order valence-electron chi connectivity index (χ1n) is 4.79. The molecule has 0 saturated carbocycles. The molecule has 0 bridgehead atoms. The van der Waals surface area contributed by atoms with Crippen LogP contribution in [0.5, 0.6) is 0 Å². The minimum Gasteiger partial charge on any atom is -0.455 e. The van der Waals surface area contributed by atoms with E-state index < -0.39 is 11.6 Å². The van der Waals surface area contributed by atoms with E-state index in [0.29, 0.717) is 12.1 Å². The zero-order valence-corrected chi connectivity index (χ0v) is 9.76. The van der Waals surface area contributed by atoms with Gasteiger partial charge in [-0.2, -0.15) is 0 Å². The van der Waals surface area contributed by atoms with Gasteiger partial charge in [0, 0.05) is 5.41 Å². The normalized spacial score (nSPS) is 24.5. The van der Waals surface area contributed by atoms with E-state index in [-0.39, 0.29) is 11.3 Å². The zero-order chi connectivity index (χ0) is 11.2. The topological polar surface area (TPSA) is 46.6 Å². The van der Waals surface area contributed by atoms with E-state index in [0.717, 1.165) is 0 Å². The fourth-order valence-corrected chi connectivity index (χ4v) is 2.55. The first kappa shape index (κ1) is 10.5. The number of fused-ring (bicyclic) bond motifs is 1. The van der Waals surface area contributed by atoms with Crippen LogP contribution < -0.4 is 0 Å². The van der Waals surface area contributed by atoms with Crippen molar-refractivity contribution in [2.24, 2.45) is 0 Å². The largest absolute Gasteiger partial charge is 0.455 e. The van der Waals surface area contributed by atoms with Gasteiger partial charge in [-0.25, -0.2) is 4.79 Å². The van der Waals surface area contributed by atoms with Gasteiger partial charge in [-0.3, -0.25) is 9.69 Å². The predicted octanol–water partition coefficient (Wildman–Crippen LogP) is 1.47. The van der Waals surface area contributed by atoms with E-state index in [1.54, 1.807) is 5.41 Å². The quantitative estimate of drug-likeness (QED) is 0.503. The molecular weight excluding hydrogens is 214 g/mol. The number of carbonyl (C=O) groups excluding carboxylic acids is 2. The third-order valence-corrected chi connectivity index (χ3v) is 3.16. The van der Waals surface area contributed by atoms with Gasteiger partial charge < -0.3 is 4.74 Å². The van der Waals surface area contributed by atoms with Gasteiger partial charge in [0.2, 0.25) is 5.91 Å². The summed E-state index contributed by atoms with van der Waals surface area (Å²) < 4.78 is 5.21. The second-order valence-electron chi connectivity index (χ2n) is 4.56. The molecule has 0 aromatic carbocycles. The van der Waals surface area contributed by atoms with Gasteiger partial charge in [0.1, 0.15) is 11.3 Å². The Bertz CT molecular complexity index is 356. The smallest absolute Gasteiger partial charge is 0.356 e.